The molecule has 1 aromatic heterocycles. The minimum Gasteiger partial charge on any atom is -0.495 e. The fourth-order valence-electron chi connectivity index (χ4n) is 2.97. The molecule has 1 saturated heterocycles. The van der Waals surface area contributed by atoms with E-state index in [0.717, 1.165) is 0 Å². The van der Waals surface area contributed by atoms with E-state index in [4.69, 9.17) is 4.74 Å². The molecule has 2 aromatic rings. The molecule has 0 aliphatic carbocycles. The van der Waals surface area contributed by atoms with Gasteiger partial charge in [0.2, 0.25) is 11.8 Å². The second-order valence-corrected chi connectivity index (χ2v) is 7.05. The maximum absolute atomic E-state index is 12.4. The highest BCUT2D eigenvalue weighted by molar-refractivity contribution is 7.12. The minimum atomic E-state index is -0.421. The Kier molecular flexibility index (Phi) is 6.08. The second-order valence-electron chi connectivity index (χ2n) is 6.10. The van der Waals surface area contributed by atoms with E-state index >= 15 is 0 Å². The van der Waals surface area contributed by atoms with Gasteiger partial charge < -0.3 is 20.3 Å². The molecule has 0 bridgehead atoms. The number of carbonyl (C=O) groups excluding carboxylic acids is 3. The van der Waals surface area contributed by atoms with Gasteiger partial charge in [-0.25, -0.2) is 0 Å². The zero-order chi connectivity index (χ0) is 19.2. The van der Waals surface area contributed by atoms with Crippen LogP contribution in [-0.2, 0) is 9.59 Å². The van der Waals surface area contributed by atoms with Crippen LogP contribution in [0.3, 0.4) is 0 Å². The highest BCUT2D eigenvalue weighted by Gasteiger charge is 2.36. The third-order valence-corrected chi connectivity index (χ3v) is 5.20. The van der Waals surface area contributed by atoms with Crippen LogP contribution in [-0.4, -0.2) is 44.5 Å². The molecule has 3 amide bonds. The molecule has 1 atom stereocenters. The summed E-state index contributed by atoms with van der Waals surface area (Å²) in [7, 11) is 1.55. The van der Waals surface area contributed by atoms with Crippen molar-refractivity contribution in [2.24, 2.45) is 5.92 Å². The summed E-state index contributed by atoms with van der Waals surface area (Å²) in [6.45, 7) is 0.960. The highest BCUT2D eigenvalue weighted by atomic mass is 32.1. The number of para-hydroxylation sites is 2. The molecule has 0 spiro atoms. The average molecular weight is 387 g/mol. The van der Waals surface area contributed by atoms with Gasteiger partial charge in [0.25, 0.3) is 5.91 Å². The predicted octanol–water partition coefficient (Wildman–Crippen LogP) is 1.66. The Balaban J connectivity index is 1.48. The number of carbonyl (C=O) groups is 3. The first-order valence-electron chi connectivity index (χ1n) is 8.63. The number of nitrogens with one attached hydrogen (secondary N) is 2. The van der Waals surface area contributed by atoms with Crippen LogP contribution in [0.4, 0.5) is 5.69 Å². The Bertz CT molecular complexity index is 822. The van der Waals surface area contributed by atoms with Gasteiger partial charge in [-0.3, -0.25) is 14.4 Å². The van der Waals surface area contributed by atoms with E-state index < -0.39 is 5.92 Å². The number of amides is 3. The van der Waals surface area contributed by atoms with Gasteiger partial charge >= 0.3 is 0 Å². The zero-order valence-electron chi connectivity index (χ0n) is 14.9. The van der Waals surface area contributed by atoms with E-state index in [1.807, 2.05) is 23.6 Å². The molecule has 27 heavy (non-hydrogen) atoms. The lowest BCUT2D eigenvalue weighted by Crippen LogP contribution is -2.38. The maximum atomic E-state index is 12.4. The Hall–Kier alpha value is -2.87. The van der Waals surface area contributed by atoms with Crippen LogP contribution >= 0.6 is 11.3 Å². The van der Waals surface area contributed by atoms with Crippen molar-refractivity contribution in [3.8, 4) is 5.75 Å². The molecule has 142 valence electrons. The van der Waals surface area contributed by atoms with Crippen molar-refractivity contribution in [2.75, 3.05) is 31.6 Å². The van der Waals surface area contributed by atoms with Crippen molar-refractivity contribution >= 4 is 34.7 Å². The number of hydrogen-bond acceptors (Lipinski definition) is 5. The summed E-state index contributed by atoms with van der Waals surface area (Å²) in [6, 6.07) is 10.8. The first kappa shape index (κ1) is 18.9. The highest BCUT2D eigenvalue weighted by Crippen LogP contribution is 2.32. The van der Waals surface area contributed by atoms with Crippen LogP contribution in [0.1, 0.15) is 16.1 Å². The lowest BCUT2D eigenvalue weighted by atomic mass is 10.1. The summed E-state index contributed by atoms with van der Waals surface area (Å²) in [5.74, 6) is -0.270. The molecule has 1 aliphatic heterocycles. The van der Waals surface area contributed by atoms with Gasteiger partial charge in [-0.2, -0.15) is 0 Å². The van der Waals surface area contributed by atoms with Crippen molar-refractivity contribution in [1.29, 1.82) is 0 Å². The Labute approximate surface area is 161 Å². The van der Waals surface area contributed by atoms with Gasteiger partial charge in [0.1, 0.15) is 5.75 Å². The van der Waals surface area contributed by atoms with Crippen LogP contribution in [0.2, 0.25) is 0 Å². The third-order valence-electron chi connectivity index (χ3n) is 4.33. The van der Waals surface area contributed by atoms with Crippen LogP contribution in [0.15, 0.2) is 41.8 Å². The lowest BCUT2D eigenvalue weighted by molar-refractivity contribution is -0.126. The number of methoxy groups -OCH3 is 1. The van der Waals surface area contributed by atoms with Crippen molar-refractivity contribution in [3.05, 3.63) is 46.7 Å². The van der Waals surface area contributed by atoms with E-state index in [1.165, 1.54) is 11.3 Å². The molecule has 1 unspecified atom stereocenters. The topological polar surface area (TPSA) is 87.7 Å². The van der Waals surface area contributed by atoms with E-state index in [0.29, 0.717) is 35.9 Å². The van der Waals surface area contributed by atoms with E-state index in [9.17, 15) is 14.4 Å². The van der Waals surface area contributed by atoms with Gasteiger partial charge in [0.05, 0.1) is 23.6 Å². The van der Waals surface area contributed by atoms with E-state index in [1.54, 1.807) is 30.2 Å². The number of anilines is 1. The molecule has 7 nitrogen and oxygen atoms in total. The standard InChI is InChI=1S/C19H21N3O4S/c1-26-15-6-3-2-5-14(15)22-12-13(11-17(22)23)18(24)20-8-9-21-19(25)16-7-4-10-27-16/h2-7,10,13H,8-9,11-12H2,1H3,(H,20,24)(H,21,25). The number of ether oxygens (including phenoxy) is 1. The monoisotopic (exact) mass is 387 g/mol. The van der Waals surface area contributed by atoms with Gasteiger partial charge in [0, 0.05) is 26.1 Å². The normalized spacial score (nSPS) is 16.3. The molecular weight excluding hydrogens is 366 g/mol. The summed E-state index contributed by atoms with van der Waals surface area (Å²) in [4.78, 5) is 38.8. The molecular formula is C19H21N3O4S. The quantitative estimate of drug-likeness (QED) is 0.708. The van der Waals surface area contributed by atoms with Crippen molar-refractivity contribution in [2.45, 2.75) is 6.42 Å². The number of hydrogen-bond donors (Lipinski definition) is 2. The number of benzene rings is 1. The number of rotatable bonds is 7. The molecule has 1 aliphatic rings. The molecule has 0 radical (unpaired) electrons. The summed E-state index contributed by atoms with van der Waals surface area (Å²) < 4.78 is 5.30. The Morgan fingerprint density at radius 2 is 1.96 bits per heavy atom. The van der Waals surface area contributed by atoms with Gasteiger partial charge in [-0.15, -0.1) is 11.3 Å². The van der Waals surface area contributed by atoms with Crippen molar-refractivity contribution in [1.82, 2.24) is 10.6 Å². The van der Waals surface area contributed by atoms with Gasteiger partial charge in [-0.1, -0.05) is 18.2 Å². The molecule has 2 N–H and O–H groups in total. The van der Waals surface area contributed by atoms with Gasteiger partial charge in [0.15, 0.2) is 0 Å². The maximum Gasteiger partial charge on any atom is 0.261 e. The molecule has 8 heteroatoms. The largest absolute Gasteiger partial charge is 0.495 e. The number of thiophene rings is 1. The zero-order valence-corrected chi connectivity index (χ0v) is 15.8. The SMILES string of the molecule is COc1ccccc1N1CC(C(=O)NCCNC(=O)c2cccs2)CC1=O. The summed E-state index contributed by atoms with van der Waals surface area (Å²) in [5.41, 5.74) is 0.670. The van der Waals surface area contributed by atoms with Crippen LogP contribution in [0, 0.1) is 5.92 Å². The fraction of sp³-hybridized carbons (Fsp3) is 0.316. The number of nitrogens with zero attached hydrogens (tertiary/aromatic N) is 1. The molecule has 1 fully saturated rings. The Morgan fingerprint density at radius 1 is 1.19 bits per heavy atom. The second kappa shape index (κ2) is 8.68. The first-order valence-corrected chi connectivity index (χ1v) is 9.51. The fourth-order valence-corrected chi connectivity index (χ4v) is 3.61. The van der Waals surface area contributed by atoms with Crippen molar-refractivity contribution < 1.29 is 19.1 Å². The summed E-state index contributed by atoms with van der Waals surface area (Å²) in [5, 5.41) is 7.37. The third kappa shape index (κ3) is 4.46. The molecule has 3 rings (SSSR count). The summed E-state index contributed by atoms with van der Waals surface area (Å²) >= 11 is 1.36. The molecule has 0 saturated carbocycles. The van der Waals surface area contributed by atoms with Crippen LogP contribution < -0.4 is 20.3 Å². The smallest absolute Gasteiger partial charge is 0.261 e. The average Bonchev–Trinajstić information content (AvgIpc) is 3.35. The lowest BCUT2D eigenvalue weighted by Gasteiger charge is -2.19. The summed E-state index contributed by atoms with van der Waals surface area (Å²) in [6.07, 6.45) is 0.158. The predicted molar refractivity (Wildman–Crippen MR) is 103 cm³/mol. The van der Waals surface area contributed by atoms with Crippen LogP contribution in [0.25, 0.3) is 0 Å². The van der Waals surface area contributed by atoms with Crippen molar-refractivity contribution in [3.63, 3.8) is 0 Å². The van der Waals surface area contributed by atoms with E-state index in [2.05, 4.69) is 10.6 Å². The molecule has 2 heterocycles. The minimum absolute atomic E-state index is 0.106. The first-order chi connectivity index (χ1) is 13.1. The Morgan fingerprint density at radius 3 is 2.70 bits per heavy atom. The van der Waals surface area contributed by atoms with Crippen LogP contribution in [0.5, 0.6) is 5.75 Å². The van der Waals surface area contributed by atoms with Gasteiger partial charge in [-0.05, 0) is 23.6 Å². The molecule has 1 aromatic carbocycles. The van der Waals surface area contributed by atoms with E-state index in [-0.39, 0.29) is 24.1 Å².